The Morgan fingerprint density at radius 3 is 2.43 bits per heavy atom. The number of ether oxygens (including phenoxy) is 2. The maximum atomic E-state index is 11.9. The largest absolute Gasteiger partial charge is 0.467 e. The number of esters is 2. The zero-order chi connectivity index (χ0) is 17.4. The Hall–Kier alpha value is -2.37. The number of hydrogen-bond donors (Lipinski definition) is 1. The van der Waals surface area contributed by atoms with Crippen molar-refractivity contribution in [2.24, 2.45) is 5.92 Å². The summed E-state index contributed by atoms with van der Waals surface area (Å²) in [5.41, 5.74) is 1.18. The highest BCUT2D eigenvalue weighted by molar-refractivity contribution is 5.93. The molecule has 126 valence electrons. The van der Waals surface area contributed by atoms with Gasteiger partial charge in [0.15, 0.2) is 6.61 Å². The molecule has 1 amide bonds. The normalized spacial score (nSPS) is 12.9. The van der Waals surface area contributed by atoms with Crippen molar-refractivity contribution in [3.8, 4) is 0 Å². The second kappa shape index (κ2) is 8.92. The molecule has 0 unspecified atom stereocenters. The van der Waals surface area contributed by atoms with Gasteiger partial charge in [0.2, 0.25) is 0 Å². The number of hydrogen-bond acceptors (Lipinski definition) is 5. The van der Waals surface area contributed by atoms with Gasteiger partial charge in [0.05, 0.1) is 12.7 Å². The fourth-order valence-electron chi connectivity index (χ4n) is 2.02. The second-order valence-corrected chi connectivity index (χ2v) is 5.34. The van der Waals surface area contributed by atoms with Crippen LogP contribution in [0.15, 0.2) is 24.3 Å². The van der Waals surface area contributed by atoms with Crippen LogP contribution < -0.4 is 5.32 Å². The van der Waals surface area contributed by atoms with Gasteiger partial charge in [-0.25, -0.2) is 9.59 Å². The molecule has 0 radical (unpaired) electrons. The Kier molecular flexibility index (Phi) is 7.25. The molecule has 1 rings (SSSR count). The highest BCUT2D eigenvalue weighted by atomic mass is 16.5. The minimum atomic E-state index is -0.755. The predicted molar refractivity (Wildman–Crippen MR) is 84.9 cm³/mol. The van der Waals surface area contributed by atoms with E-state index in [1.807, 2.05) is 19.9 Å². The third kappa shape index (κ3) is 5.39. The molecule has 2 atom stereocenters. The molecule has 6 nitrogen and oxygen atoms in total. The van der Waals surface area contributed by atoms with Gasteiger partial charge in [0, 0.05) is 0 Å². The first-order valence-electron chi connectivity index (χ1n) is 7.50. The fourth-order valence-corrected chi connectivity index (χ4v) is 2.02. The molecule has 23 heavy (non-hydrogen) atoms. The van der Waals surface area contributed by atoms with Gasteiger partial charge in [-0.3, -0.25) is 4.79 Å². The Morgan fingerprint density at radius 1 is 1.22 bits per heavy atom. The quantitative estimate of drug-likeness (QED) is 0.775. The summed E-state index contributed by atoms with van der Waals surface area (Å²) in [6, 6.07) is 6.19. The van der Waals surface area contributed by atoms with E-state index in [4.69, 9.17) is 4.74 Å². The highest BCUT2D eigenvalue weighted by Gasteiger charge is 2.27. The van der Waals surface area contributed by atoms with Gasteiger partial charge in [0.1, 0.15) is 6.04 Å². The van der Waals surface area contributed by atoms with Gasteiger partial charge in [-0.05, 0) is 24.5 Å². The van der Waals surface area contributed by atoms with Gasteiger partial charge < -0.3 is 14.8 Å². The van der Waals surface area contributed by atoms with Crippen molar-refractivity contribution in [3.05, 3.63) is 35.4 Å². The summed E-state index contributed by atoms with van der Waals surface area (Å²) in [6.07, 6.45) is 0.697. The molecule has 1 N–H and O–H groups in total. The summed E-state index contributed by atoms with van der Waals surface area (Å²) in [5, 5.41) is 2.55. The molecule has 0 saturated carbocycles. The lowest BCUT2D eigenvalue weighted by atomic mass is 9.99. The Morgan fingerprint density at radius 2 is 1.87 bits per heavy atom. The number of rotatable bonds is 7. The SMILES string of the molecule is CC[C@@H](C)[C@H](NC(=O)COC(=O)c1ccccc1C)C(=O)OC. The molecule has 0 heterocycles. The number of carbonyl (C=O) groups excluding carboxylic acids is 3. The molecule has 1 aromatic rings. The van der Waals surface area contributed by atoms with Crippen molar-refractivity contribution in [3.63, 3.8) is 0 Å². The first kappa shape index (κ1) is 18.7. The maximum absolute atomic E-state index is 11.9. The van der Waals surface area contributed by atoms with E-state index in [0.29, 0.717) is 12.0 Å². The number of benzene rings is 1. The number of aryl methyl sites for hydroxylation is 1. The van der Waals surface area contributed by atoms with Crippen molar-refractivity contribution < 1.29 is 23.9 Å². The van der Waals surface area contributed by atoms with E-state index < -0.39 is 30.5 Å². The van der Waals surface area contributed by atoms with Crippen LogP contribution in [0.5, 0.6) is 0 Å². The summed E-state index contributed by atoms with van der Waals surface area (Å²) in [6.45, 7) is 5.08. The topological polar surface area (TPSA) is 81.7 Å². The van der Waals surface area contributed by atoms with Crippen LogP contribution in [0.2, 0.25) is 0 Å². The summed E-state index contributed by atoms with van der Waals surface area (Å²) < 4.78 is 9.68. The van der Waals surface area contributed by atoms with E-state index in [-0.39, 0.29) is 5.92 Å². The van der Waals surface area contributed by atoms with Crippen LogP contribution in [0.4, 0.5) is 0 Å². The Balaban J connectivity index is 2.60. The smallest absolute Gasteiger partial charge is 0.338 e. The van der Waals surface area contributed by atoms with Crippen LogP contribution in [0, 0.1) is 12.8 Å². The summed E-state index contributed by atoms with van der Waals surface area (Å²) in [5.74, 6) is -1.71. The minimum Gasteiger partial charge on any atom is -0.467 e. The van der Waals surface area contributed by atoms with E-state index in [0.717, 1.165) is 5.56 Å². The first-order chi connectivity index (χ1) is 10.9. The van der Waals surface area contributed by atoms with Crippen LogP contribution in [0.3, 0.4) is 0 Å². The van der Waals surface area contributed by atoms with Gasteiger partial charge >= 0.3 is 11.9 Å². The van der Waals surface area contributed by atoms with Crippen LogP contribution in [0.1, 0.15) is 36.2 Å². The Labute approximate surface area is 136 Å². The van der Waals surface area contributed by atoms with Gasteiger partial charge in [0.25, 0.3) is 5.91 Å². The van der Waals surface area contributed by atoms with Gasteiger partial charge in [-0.15, -0.1) is 0 Å². The summed E-state index contributed by atoms with van der Waals surface area (Å²) in [7, 11) is 1.27. The van der Waals surface area contributed by atoms with E-state index in [1.165, 1.54) is 7.11 Å². The second-order valence-electron chi connectivity index (χ2n) is 5.34. The van der Waals surface area contributed by atoms with Crippen LogP contribution in [0.25, 0.3) is 0 Å². The standard InChI is InChI=1S/C17H23NO5/c1-5-11(2)15(17(21)22-4)18-14(19)10-23-16(20)13-9-7-6-8-12(13)3/h6-9,11,15H,5,10H2,1-4H3,(H,18,19)/t11-,15+/m1/s1. The predicted octanol–water partition coefficient (Wildman–Crippen LogP) is 1.86. The lowest BCUT2D eigenvalue weighted by molar-refractivity contribution is -0.147. The molecule has 0 aliphatic rings. The molecule has 0 bridgehead atoms. The lowest BCUT2D eigenvalue weighted by Crippen LogP contribution is -2.47. The van der Waals surface area contributed by atoms with Crippen molar-refractivity contribution in [1.29, 1.82) is 0 Å². The number of nitrogens with one attached hydrogen (secondary N) is 1. The Bertz CT molecular complexity index is 570. The zero-order valence-corrected chi connectivity index (χ0v) is 13.9. The average Bonchev–Trinajstić information content (AvgIpc) is 2.56. The monoisotopic (exact) mass is 321 g/mol. The van der Waals surface area contributed by atoms with Crippen molar-refractivity contribution >= 4 is 17.8 Å². The highest BCUT2D eigenvalue weighted by Crippen LogP contribution is 2.10. The number of carbonyl (C=O) groups is 3. The van der Waals surface area contributed by atoms with Gasteiger partial charge in [-0.1, -0.05) is 38.5 Å². The average molecular weight is 321 g/mol. The van der Waals surface area contributed by atoms with Crippen molar-refractivity contribution in [1.82, 2.24) is 5.32 Å². The van der Waals surface area contributed by atoms with Crippen LogP contribution in [-0.4, -0.2) is 37.6 Å². The molecule has 0 aliphatic carbocycles. The van der Waals surface area contributed by atoms with E-state index in [2.05, 4.69) is 10.1 Å². The molecule has 0 aliphatic heterocycles. The third-order valence-electron chi connectivity index (χ3n) is 3.68. The third-order valence-corrected chi connectivity index (χ3v) is 3.68. The molecular formula is C17H23NO5. The summed E-state index contributed by atoms with van der Waals surface area (Å²) >= 11 is 0. The van der Waals surface area contributed by atoms with Gasteiger partial charge in [-0.2, -0.15) is 0 Å². The minimum absolute atomic E-state index is 0.0848. The zero-order valence-electron chi connectivity index (χ0n) is 13.9. The van der Waals surface area contributed by atoms with Crippen LogP contribution in [-0.2, 0) is 19.1 Å². The molecule has 0 saturated heterocycles. The maximum Gasteiger partial charge on any atom is 0.338 e. The molecule has 0 fully saturated rings. The van der Waals surface area contributed by atoms with Crippen LogP contribution >= 0.6 is 0 Å². The molecule has 1 aromatic carbocycles. The van der Waals surface area contributed by atoms with E-state index in [1.54, 1.807) is 25.1 Å². The first-order valence-corrected chi connectivity index (χ1v) is 7.50. The lowest BCUT2D eigenvalue weighted by Gasteiger charge is -2.21. The molecule has 0 spiro atoms. The fraction of sp³-hybridized carbons (Fsp3) is 0.471. The molecule has 6 heteroatoms. The molecule has 0 aromatic heterocycles. The summed E-state index contributed by atoms with van der Waals surface area (Å²) in [4.78, 5) is 35.6. The number of amides is 1. The molecular weight excluding hydrogens is 298 g/mol. The number of methoxy groups -OCH3 is 1. The van der Waals surface area contributed by atoms with E-state index in [9.17, 15) is 14.4 Å². The van der Waals surface area contributed by atoms with E-state index >= 15 is 0 Å². The van der Waals surface area contributed by atoms with Crippen molar-refractivity contribution in [2.45, 2.75) is 33.2 Å². The van der Waals surface area contributed by atoms with Crippen molar-refractivity contribution in [2.75, 3.05) is 13.7 Å².